The summed E-state index contributed by atoms with van der Waals surface area (Å²) >= 11 is 8.43. The molecule has 0 unspecified atom stereocenters. The molecular formula is C10H10ClIN3+. The van der Waals surface area contributed by atoms with Gasteiger partial charge in [-0.3, -0.25) is 4.98 Å². The van der Waals surface area contributed by atoms with E-state index in [0.29, 0.717) is 11.1 Å². The number of nitrogens with zero attached hydrogens (tertiary/aromatic N) is 1. The molecule has 2 N–H and O–H groups in total. The molecule has 15 heavy (non-hydrogen) atoms. The molecule has 0 amide bonds. The Bertz CT molecular complexity index is 519. The molecule has 0 radical (unpaired) electrons. The lowest BCUT2D eigenvalue weighted by atomic mass is 9.85. The lowest BCUT2D eigenvalue weighted by Crippen LogP contribution is -2.23. The van der Waals surface area contributed by atoms with E-state index < -0.39 is 0 Å². The third-order valence-corrected chi connectivity index (χ3v) is 4.13. The second-order valence-electron chi connectivity index (χ2n) is 3.93. The summed E-state index contributed by atoms with van der Waals surface area (Å²) in [4.78, 5) is 11.0. The molecule has 1 fully saturated rings. The maximum Gasteiger partial charge on any atom is 0.240 e. The molecule has 1 aliphatic rings. The molecule has 0 atom stereocenters. The van der Waals surface area contributed by atoms with Gasteiger partial charge in [-0.25, -0.2) is 4.98 Å². The quantitative estimate of drug-likeness (QED) is 0.632. The topological polar surface area (TPSA) is 42.8 Å². The van der Waals surface area contributed by atoms with Crippen molar-refractivity contribution in [1.29, 1.82) is 0 Å². The van der Waals surface area contributed by atoms with Gasteiger partial charge in [-0.1, -0.05) is 11.4 Å². The zero-order valence-corrected chi connectivity index (χ0v) is 10.9. The summed E-state index contributed by atoms with van der Waals surface area (Å²) in [5.41, 5.74) is 0.987. The van der Waals surface area contributed by atoms with E-state index in [1.807, 2.05) is 6.20 Å². The average molecular weight is 335 g/mol. The van der Waals surface area contributed by atoms with Crippen LogP contribution in [0.25, 0.3) is 11.0 Å². The molecule has 2 aromatic rings. The molecule has 1 aliphatic carbocycles. The summed E-state index contributed by atoms with van der Waals surface area (Å²) in [7, 11) is 0. The fraction of sp³-hybridized carbons (Fsp3) is 0.400. The molecule has 0 aliphatic heterocycles. The number of halogens is 2. The highest BCUT2D eigenvalue weighted by molar-refractivity contribution is 14.1. The minimum absolute atomic E-state index is 0.577. The van der Waals surface area contributed by atoms with Gasteiger partial charge in [0, 0.05) is 5.92 Å². The molecule has 78 valence electrons. The Hall–Kier alpha value is -0.360. The first-order valence-electron chi connectivity index (χ1n) is 5.01. The summed E-state index contributed by atoms with van der Waals surface area (Å²) in [6, 6.07) is 0. The number of nitrogens with one attached hydrogen (secondary N) is 2. The highest BCUT2D eigenvalue weighted by atomic mass is 127. The molecule has 0 aromatic carbocycles. The van der Waals surface area contributed by atoms with Crippen LogP contribution in [0.1, 0.15) is 31.0 Å². The SMILES string of the molecule is Clc1nc(C2CCC2)[nH+]c2[nH]cc(I)c12. The number of aromatic nitrogens is 3. The maximum atomic E-state index is 6.18. The van der Waals surface area contributed by atoms with Crippen LogP contribution >= 0.6 is 34.2 Å². The van der Waals surface area contributed by atoms with Gasteiger partial charge < -0.3 is 0 Å². The minimum Gasteiger partial charge on any atom is -0.278 e. The van der Waals surface area contributed by atoms with Gasteiger partial charge in [0.2, 0.25) is 16.6 Å². The molecule has 5 heteroatoms. The van der Waals surface area contributed by atoms with Gasteiger partial charge in [0.25, 0.3) is 0 Å². The predicted octanol–water partition coefficient (Wildman–Crippen LogP) is 2.90. The van der Waals surface area contributed by atoms with Crippen molar-refractivity contribution in [2.24, 2.45) is 0 Å². The lowest BCUT2D eigenvalue weighted by molar-refractivity contribution is -0.370. The number of fused-ring (bicyclic) bond motifs is 1. The van der Waals surface area contributed by atoms with Gasteiger partial charge in [-0.15, -0.1) is 0 Å². The first-order valence-corrected chi connectivity index (χ1v) is 6.46. The molecular weight excluding hydrogens is 324 g/mol. The fourth-order valence-electron chi connectivity index (χ4n) is 1.89. The third kappa shape index (κ3) is 1.54. The van der Waals surface area contributed by atoms with Crippen LogP contribution in [0.2, 0.25) is 5.15 Å². The van der Waals surface area contributed by atoms with Crippen LogP contribution in [0, 0.1) is 3.57 Å². The average Bonchev–Trinajstić information content (AvgIpc) is 2.44. The summed E-state index contributed by atoms with van der Waals surface area (Å²) in [5, 5.41) is 1.61. The number of rotatable bonds is 1. The Morgan fingerprint density at radius 1 is 1.53 bits per heavy atom. The van der Waals surface area contributed by atoms with Crippen molar-refractivity contribution in [3.8, 4) is 0 Å². The summed E-state index contributed by atoms with van der Waals surface area (Å²) < 4.78 is 1.11. The predicted molar refractivity (Wildman–Crippen MR) is 67.0 cm³/mol. The van der Waals surface area contributed by atoms with Crippen LogP contribution in [0.15, 0.2) is 6.20 Å². The smallest absolute Gasteiger partial charge is 0.240 e. The van der Waals surface area contributed by atoms with Gasteiger partial charge in [0.05, 0.1) is 9.77 Å². The van der Waals surface area contributed by atoms with E-state index >= 15 is 0 Å². The Morgan fingerprint density at radius 3 is 3.00 bits per heavy atom. The Balaban J connectivity index is 2.18. The summed E-state index contributed by atoms with van der Waals surface area (Å²) in [5.74, 6) is 1.60. The second kappa shape index (κ2) is 3.59. The number of hydrogen-bond acceptors (Lipinski definition) is 1. The van der Waals surface area contributed by atoms with Gasteiger partial charge in [0.1, 0.15) is 5.39 Å². The molecule has 0 saturated heterocycles. The third-order valence-electron chi connectivity index (χ3n) is 3.00. The summed E-state index contributed by atoms with van der Waals surface area (Å²) in [6.45, 7) is 0. The van der Waals surface area contributed by atoms with E-state index in [0.717, 1.165) is 20.4 Å². The minimum atomic E-state index is 0.577. The van der Waals surface area contributed by atoms with E-state index in [-0.39, 0.29) is 0 Å². The van der Waals surface area contributed by atoms with Crippen molar-refractivity contribution in [2.75, 3.05) is 0 Å². The van der Waals surface area contributed by atoms with E-state index in [1.165, 1.54) is 19.3 Å². The van der Waals surface area contributed by atoms with Crippen LogP contribution in [0.5, 0.6) is 0 Å². The standard InChI is InChI=1S/C10H9ClIN3/c11-8-7-6(12)4-13-10(7)15-9(14-8)5-2-1-3-5/h4-5H,1-3H2,(H,13,14,15)/p+1. The largest absolute Gasteiger partial charge is 0.278 e. The van der Waals surface area contributed by atoms with Crippen molar-refractivity contribution in [3.63, 3.8) is 0 Å². The lowest BCUT2D eigenvalue weighted by Gasteiger charge is -2.20. The van der Waals surface area contributed by atoms with E-state index in [9.17, 15) is 0 Å². The molecule has 0 spiro atoms. The maximum absolute atomic E-state index is 6.18. The van der Waals surface area contributed by atoms with Gasteiger partial charge in [-0.2, -0.15) is 0 Å². The van der Waals surface area contributed by atoms with E-state index in [2.05, 4.69) is 37.5 Å². The Labute approximate surface area is 106 Å². The molecule has 3 nitrogen and oxygen atoms in total. The van der Waals surface area contributed by atoms with E-state index in [1.54, 1.807) is 0 Å². The van der Waals surface area contributed by atoms with E-state index in [4.69, 9.17) is 11.6 Å². The van der Waals surface area contributed by atoms with Crippen molar-refractivity contribution in [3.05, 3.63) is 20.7 Å². The zero-order valence-electron chi connectivity index (χ0n) is 7.98. The van der Waals surface area contributed by atoms with Crippen LogP contribution in [-0.4, -0.2) is 9.97 Å². The van der Waals surface area contributed by atoms with Gasteiger partial charge >= 0.3 is 0 Å². The Kier molecular flexibility index (Phi) is 2.35. The first kappa shape index (κ1) is 9.84. The second-order valence-corrected chi connectivity index (χ2v) is 5.45. The highest BCUT2D eigenvalue weighted by Gasteiger charge is 2.27. The molecule has 2 aromatic heterocycles. The van der Waals surface area contributed by atoms with Crippen molar-refractivity contribution < 1.29 is 4.98 Å². The van der Waals surface area contributed by atoms with Crippen LogP contribution in [-0.2, 0) is 0 Å². The van der Waals surface area contributed by atoms with Crippen LogP contribution < -0.4 is 4.98 Å². The normalized spacial score (nSPS) is 16.9. The molecule has 1 saturated carbocycles. The van der Waals surface area contributed by atoms with Crippen molar-refractivity contribution in [2.45, 2.75) is 25.2 Å². The monoisotopic (exact) mass is 334 g/mol. The van der Waals surface area contributed by atoms with Gasteiger partial charge in [0.15, 0.2) is 0 Å². The highest BCUT2D eigenvalue weighted by Crippen LogP contribution is 2.34. The van der Waals surface area contributed by atoms with Crippen molar-refractivity contribution >= 4 is 45.2 Å². The number of aromatic amines is 2. The molecule has 0 bridgehead atoms. The van der Waals surface area contributed by atoms with Crippen LogP contribution in [0.3, 0.4) is 0 Å². The number of hydrogen-bond donors (Lipinski definition) is 1. The molecule has 2 heterocycles. The summed E-state index contributed by atoms with van der Waals surface area (Å²) in [6.07, 6.45) is 5.70. The van der Waals surface area contributed by atoms with Gasteiger partial charge in [-0.05, 0) is 47.0 Å². The Morgan fingerprint density at radius 2 is 2.33 bits per heavy atom. The number of H-pyrrole nitrogens is 2. The van der Waals surface area contributed by atoms with Crippen molar-refractivity contribution in [1.82, 2.24) is 9.97 Å². The zero-order chi connectivity index (χ0) is 10.4. The first-order chi connectivity index (χ1) is 7.25. The van der Waals surface area contributed by atoms with Crippen LogP contribution in [0.4, 0.5) is 0 Å². The molecule has 3 rings (SSSR count). The fourth-order valence-corrected chi connectivity index (χ4v) is 3.02.